The van der Waals surface area contributed by atoms with Crippen molar-refractivity contribution < 1.29 is 19.8 Å². The molecule has 0 aliphatic rings. The van der Waals surface area contributed by atoms with Crippen molar-refractivity contribution in [3.05, 3.63) is 59.7 Å². The van der Waals surface area contributed by atoms with Crippen molar-refractivity contribution in [3.8, 4) is 0 Å². The molecule has 0 fully saturated rings. The average molecular weight is 303 g/mol. The van der Waals surface area contributed by atoms with Crippen molar-refractivity contribution in [1.29, 1.82) is 0 Å². The van der Waals surface area contributed by atoms with E-state index < -0.39 is 11.9 Å². The third kappa shape index (κ3) is 2.30. The molecule has 0 heterocycles. The van der Waals surface area contributed by atoms with E-state index in [1.807, 2.05) is 0 Å². The molecular formula is C16H11ClO4. The zero-order valence-corrected chi connectivity index (χ0v) is 11.6. The van der Waals surface area contributed by atoms with Gasteiger partial charge in [0.25, 0.3) is 0 Å². The van der Waals surface area contributed by atoms with Crippen LogP contribution in [0.4, 0.5) is 0 Å². The van der Waals surface area contributed by atoms with Crippen LogP contribution in [0.2, 0.25) is 0 Å². The van der Waals surface area contributed by atoms with E-state index in [0.717, 1.165) is 0 Å². The van der Waals surface area contributed by atoms with Gasteiger partial charge in [-0.2, -0.15) is 0 Å². The van der Waals surface area contributed by atoms with Crippen LogP contribution in [0.25, 0.3) is 21.5 Å². The van der Waals surface area contributed by atoms with Gasteiger partial charge in [-0.15, -0.1) is 12.4 Å². The third-order valence-corrected chi connectivity index (χ3v) is 3.35. The Morgan fingerprint density at radius 3 is 1.38 bits per heavy atom. The number of carboxylic acid groups (broad SMARTS) is 2. The quantitative estimate of drug-likeness (QED) is 0.706. The number of aromatic carboxylic acids is 2. The van der Waals surface area contributed by atoms with Gasteiger partial charge in [-0.05, 0) is 22.9 Å². The predicted octanol–water partition coefficient (Wildman–Crippen LogP) is 3.81. The van der Waals surface area contributed by atoms with Crippen molar-refractivity contribution in [1.82, 2.24) is 0 Å². The summed E-state index contributed by atoms with van der Waals surface area (Å²) in [4.78, 5) is 22.8. The summed E-state index contributed by atoms with van der Waals surface area (Å²) in [7, 11) is 0. The summed E-state index contributed by atoms with van der Waals surface area (Å²) in [5.74, 6) is -2.13. The summed E-state index contributed by atoms with van der Waals surface area (Å²) in [5, 5.41) is 21.0. The average Bonchev–Trinajstić information content (AvgIpc) is 2.45. The van der Waals surface area contributed by atoms with E-state index in [-0.39, 0.29) is 23.5 Å². The minimum atomic E-state index is -1.07. The zero-order chi connectivity index (χ0) is 14.3. The normalized spacial score (nSPS) is 10.3. The number of fused-ring (bicyclic) bond motifs is 3. The topological polar surface area (TPSA) is 74.6 Å². The van der Waals surface area contributed by atoms with Crippen LogP contribution in [0.15, 0.2) is 48.5 Å². The second-order valence-electron chi connectivity index (χ2n) is 4.48. The number of rotatable bonds is 2. The fourth-order valence-electron chi connectivity index (χ4n) is 2.51. The van der Waals surface area contributed by atoms with E-state index in [9.17, 15) is 19.8 Å². The van der Waals surface area contributed by atoms with Crippen LogP contribution >= 0.6 is 12.4 Å². The summed E-state index contributed by atoms with van der Waals surface area (Å²) in [6, 6.07) is 13.4. The molecule has 3 rings (SSSR count). The van der Waals surface area contributed by atoms with Gasteiger partial charge in [0.2, 0.25) is 0 Å². The molecule has 0 bridgehead atoms. The van der Waals surface area contributed by atoms with Gasteiger partial charge in [-0.1, -0.05) is 36.4 Å². The molecule has 4 nitrogen and oxygen atoms in total. The molecule has 0 unspecified atom stereocenters. The fourth-order valence-corrected chi connectivity index (χ4v) is 2.51. The molecule has 0 saturated heterocycles. The van der Waals surface area contributed by atoms with E-state index in [1.54, 1.807) is 36.4 Å². The highest BCUT2D eigenvalue weighted by Gasteiger charge is 2.16. The Balaban J connectivity index is 0.00000161. The van der Waals surface area contributed by atoms with Crippen LogP contribution in [-0.2, 0) is 0 Å². The molecule has 0 aromatic heterocycles. The molecule has 0 amide bonds. The number of benzene rings is 3. The number of hydrogen-bond donors (Lipinski definition) is 2. The van der Waals surface area contributed by atoms with Crippen LogP contribution in [0.5, 0.6) is 0 Å². The molecule has 0 aliphatic carbocycles. The fraction of sp³-hybridized carbons (Fsp3) is 0. The molecule has 5 heteroatoms. The SMILES string of the molecule is Cl.O=C(O)c1cccc2ccc3cccc(C(=O)O)c3c12. The highest BCUT2D eigenvalue weighted by Crippen LogP contribution is 2.31. The third-order valence-electron chi connectivity index (χ3n) is 3.35. The standard InChI is InChI=1S/C16H10O4.ClH/c17-15(18)11-5-1-3-9-7-8-10-4-2-6-12(16(19)20)14(10)13(9)11;/h1-8H,(H,17,18)(H,19,20);1H. The molecular weight excluding hydrogens is 292 g/mol. The lowest BCUT2D eigenvalue weighted by Gasteiger charge is -2.09. The first kappa shape index (κ1) is 14.8. The maximum absolute atomic E-state index is 11.4. The largest absolute Gasteiger partial charge is 0.478 e. The van der Waals surface area contributed by atoms with E-state index in [0.29, 0.717) is 21.5 Å². The van der Waals surface area contributed by atoms with Gasteiger partial charge in [-0.25, -0.2) is 9.59 Å². The minimum absolute atomic E-state index is 0. The zero-order valence-electron chi connectivity index (χ0n) is 10.7. The van der Waals surface area contributed by atoms with Crippen LogP contribution in [-0.4, -0.2) is 22.2 Å². The maximum atomic E-state index is 11.4. The van der Waals surface area contributed by atoms with Crippen molar-refractivity contribution in [2.45, 2.75) is 0 Å². The van der Waals surface area contributed by atoms with E-state index in [2.05, 4.69) is 0 Å². The molecule has 106 valence electrons. The molecule has 3 aromatic rings. The Hall–Kier alpha value is -2.59. The van der Waals surface area contributed by atoms with Crippen molar-refractivity contribution in [2.75, 3.05) is 0 Å². The highest BCUT2D eigenvalue weighted by molar-refractivity contribution is 6.21. The molecule has 0 atom stereocenters. The van der Waals surface area contributed by atoms with Crippen molar-refractivity contribution >= 4 is 45.9 Å². The lowest BCUT2D eigenvalue weighted by atomic mass is 9.94. The van der Waals surface area contributed by atoms with Crippen LogP contribution in [0.3, 0.4) is 0 Å². The number of carbonyl (C=O) groups is 2. The van der Waals surface area contributed by atoms with E-state index in [1.165, 1.54) is 12.1 Å². The van der Waals surface area contributed by atoms with Crippen LogP contribution < -0.4 is 0 Å². The van der Waals surface area contributed by atoms with Crippen molar-refractivity contribution in [3.63, 3.8) is 0 Å². The second-order valence-corrected chi connectivity index (χ2v) is 4.48. The van der Waals surface area contributed by atoms with E-state index >= 15 is 0 Å². The molecule has 2 N–H and O–H groups in total. The molecule has 0 saturated carbocycles. The van der Waals surface area contributed by atoms with Gasteiger partial charge >= 0.3 is 11.9 Å². The Kier molecular flexibility index (Phi) is 3.82. The Morgan fingerprint density at radius 1 is 0.667 bits per heavy atom. The van der Waals surface area contributed by atoms with Gasteiger partial charge in [0.15, 0.2) is 0 Å². The predicted molar refractivity (Wildman–Crippen MR) is 82.6 cm³/mol. The van der Waals surface area contributed by atoms with Gasteiger partial charge in [-0.3, -0.25) is 0 Å². The molecule has 0 aliphatic heterocycles. The molecule has 3 aromatic carbocycles. The van der Waals surface area contributed by atoms with Crippen molar-refractivity contribution in [2.24, 2.45) is 0 Å². The Bertz CT molecular complexity index is 798. The van der Waals surface area contributed by atoms with E-state index in [4.69, 9.17) is 0 Å². The monoisotopic (exact) mass is 302 g/mol. The summed E-state index contributed by atoms with van der Waals surface area (Å²) >= 11 is 0. The number of hydrogen-bond acceptors (Lipinski definition) is 2. The number of carboxylic acids is 2. The summed E-state index contributed by atoms with van der Waals surface area (Å²) in [6.45, 7) is 0. The first-order valence-electron chi connectivity index (χ1n) is 6.00. The Labute approximate surface area is 126 Å². The highest BCUT2D eigenvalue weighted by atomic mass is 35.5. The van der Waals surface area contributed by atoms with Gasteiger partial charge in [0, 0.05) is 10.8 Å². The lowest BCUT2D eigenvalue weighted by molar-refractivity contribution is 0.0686. The van der Waals surface area contributed by atoms with Gasteiger partial charge in [0.1, 0.15) is 0 Å². The molecule has 0 spiro atoms. The maximum Gasteiger partial charge on any atom is 0.336 e. The smallest absolute Gasteiger partial charge is 0.336 e. The minimum Gasteiger partial charge on any atom is -0.478 e. The number of halogens is 1. The summed E-state index contributed by atoms with van der Waals surface area (Å²) in [5.41, 5.74) is 0.226. The summed E-state index contributed by atoms with van der Waals surface area (Å²) in [6.07, 6.45) is 0. The Morgan fingerprint density at radius 2 is 1.05 bits per heavy atom. The lowest BCUT2D eigenvalue weighted by Crippen LogP contribution is -2.01. The molecule has 21 heavy (non-hydrogen) atoms. The van der Waals surface area contributed by atoms with Gasteiger partial charge < -0.3 is 10.2 Å². The van der Waals surface area contributed by atoms with Crippen LogP contribution in [0, 0.1) is 0 Å². The van der Waals surface area contributed by atoms with Crippen LogP contribution in [0.1, 0.15) is 20.7 Å². The first-order chi connectivity index (χ1) is 9.59. The molecule has 0 radical (unpaired) electrons. The first-order valence-corrected chi connectivity index (χ1v) is 6.00. The second kappa shape index (κ2) is 5.42. The van der Waals surface area contributed by atoms with Gasteiger partial charge in [0.05, 0.1) is 11.1 Å². The summed E-state index contributed by atoms with van der Waals surface area (Å²) < 4.78 is 0.